The summed E-state index contributed by atoms with van der Waals surface area (Å²) in [4.78, 5) is 141. The topological polar surface area (TPSA) is 371 Å². The molecule has 0 aromatic heterocycles. The maximum absolute atomic E-state index is 13.8. The SMILES string of the molecule is CCCCCCCCCCCCCCCC(=O)OC[C@H](CSC[C@@H](NC(=O)CCCCCCCCCCCCC)C(=O)NCC(=O)NCC(=O)NCC(=O)N[C@@H](CCC(=O)O)C(=O)N[C@H](C(=O)N[C@H](C(=O)O)[C@@H](C)O)[C@@H](C)O)OC(=O)CCCCCCCCCCCCCCC. The first-order valence-electron chi connectivity index (χ1n) is 36.9. The number of amides is 7. The second-order valence-electron chi connectivity index (χ2n) is 25.8. The molecule has 25 heteroatoms. The van der Waals surface area contributed by atoms with Crippen molar-refractivity contribution in [1.29, 1.82) is 0 Å². The number of aliphatic carboxylic acids is 2. The molecule has 0 rings (SSSR count). The Bertz CT molecular complexity index is 2140. The number of aliphatic hydroxyl groups is 2. The largest absolute Gasteiger partial charge is 0.481 e. The number of hydrogen-bond donors (Lipinski definition) is 11. The number of esters is 2. The predicted molar refractivity (Wildman–Crippen MR) is 374 cm³/mol. The first-order chi connectivity index (χ1) is 46.1. The molecule has 96 heavy (non-hydrogen) atoms. The quantitative estimate of drug-likeness (QED) is 0.0199. The molecule has 0 saturated carbocycles. The fourth-order valence-electron chi connectivity index (χ4n) is 10.8. The summed E-state index contributed by atoms with van der Waals surface area (Å²) < 4.78 is 11.6. The van der Waals surface area contributed by atoms with Crippen LogP contribution >= 0.6 is 11.8 Å². The molecule has 11 N–H and O–H groups in total. The lowest BCUT2D eigenvalue weighted by Crippen LogP contribution is -2.60. The van der Waals surface area contributed by atoms with E-state index >= 15 is 0 Å². The van der Waals surface area contributed by atoms with Crippen LogP contribution in [-0.2, 0) is 62.2 Å². The molecular weight excluding hydrogens is 1250 g/mol. The third-order valence-corrected chi connectivity index (χ3v) is 17.8. The van der Waals surface area contributed by atoms with Gasteiger partial charge in [-0.15, -0.1) is 0 Å². The summed E-state index contributed by atoms with van der Waals surface area (Å²) in [5.74, 6) is -9.79. The number of rotatable bonds is 66. The van der Waals surface area contributed by atoms with Gasteiger partial charge in [-0.2, -0.15) is 11.8 Å². The summed E-state index contributed by atoms with van der Waals surface area (Å²) in [6.07, 6.45) is 37.7. The molecule has 7 amide bonds. The van der Waals surface area contributed by atoms with Crippen molar-refractivity contribution in [3.63, 3.8) is 0 Å². The average Bonchev–Trinajstić information content (AvgIpc) is 0.908. The summed E-state index contributed by atoms with van der Waals surface area (Å²) in [6.45, 7) is 6.56. The minimum atomic E-state index is -1.82. The lowest BCUT2D eigenvalue weighted by atomic mass is 10.0. The van der Waals surface area contributed by atoms with E-state index in [1.54, 1.807) is 0 Å². The van der Waals surface area contributed by atoms with E-state index in [1.165, 1.54) is 166 Å². The van der Waals surface area contributed by atoms with Gasteiger partial charge in [0.25, 0.3) is 0 Å². The van der Waals surface area contributed by atoms with E-state index in [-0.39, 0.29) is 49.3 Å². The molecule has 0 aromatic rings. The van der Waals surface area contributed by atoms with Crippen LogP contribution in [0, 0.1) is 0 Å². The van der Waals surface area contributed by atoms with Crippen LogP contribution in [0.2, 0.25) is 0 Å². The highest BCUT2D eigenvalue weighted by Gasteiger charge is 2.34. The van der Waals surface area contributed by atoms with Gasteiger partial charge in [0, 0.05) is 37.2 Å². The first-order valence-corrected chi connectivity index (χ1v) is 38.0. The highest BCUT2D eigenvalue weighted by Crippen LogP contribution is 2.18. The van der Waals surface area contributed by atoms with Crippen LogP contribution in [0.25, 0.3) is 0 Å². The maximum atomic E-state index is 13.8. The Morgan fingerprint density at radius 1 is 0.365 bits per heavy atom. The van der Waals surface area contributed by atoms with Gasteiger partial charge < -0.3 is 67.1 Å². The Balaban J connectivity index is 5.84. The zero-order valence-corrected chi connectivity index (χ0v) is 60.3. The second-order valence-corrected chi connectivity index (χ2v) is 26.9. The molecule has 556 valence electrons. The van der Waals surface area contributed by atoms with Crippen molar-refractivity contribution in [2.45, 2.75) is 347 Å². The van der Waals surface area contributed by atoms with Crippen molar-refractivity contribution >= 4 is 77.0 Å². The molecule has 0 radical (unpaired) electrons. The standard InChI is InChI=1S/C71H129N7O17S/c1-6-9-12-15-18-21-24-26-29-32-35-38-41-44-64(87)94-51-56(95-65(88)45-42-39-36-33-30-27-25-22-19-16-13-10-7-2)52-96-53-58(76-59(81)43-40-37-34-31-28-23-20-17-14-11-8-3)68(89)74-49-61(83)72-48-60(82)73-50-62(84)75-57(46-47-63(85)86)69(90)77-66(54(4)79)70(91)78-67(55(5)80)71(92)93/h54-58,66-67,79-80H,6-53H2,1-5H3,(H,72,83)(H,73,82)(H,74,89)(H,75,84)(H,76,81)(H,77,90)(H,78,91)(H,85,86)(H,92,93)/t54-,55-,56-,57+,58-,66+,67+/m1/s1. The number of nitrogens with one attached hydrogen (secondary N) is 7. The van der Waals surface area contributed by atoms with E-state index in [1.807, 2.05) is 5.32 Å². The molecule has 0 saturated heterocycles. The maximum Gasteiger partial charge on any atom is 0.328 e. The van der Waals surface area contributed by atoms with E-state index < -0.39 is 128 Å². The number of carbonyl (C=O) groups excluding carboxylic acids is 9. The summed E-state index contributed by atoms with van der Waals surface area (Å²) >= 11 is 1.21. The van der Waals surface area contributed by atoms with E-state index in [0.717, 1.165) is 78.1 Å². The van der Waals surface area contributed by atoms with Crippen LogP contribution in [0.4, 0.5) is 0 Å². The van der Waals surface area contributed by atoms with Crippen LogP contribution in [0.3, 0.4) is 0 Å². The Morgan fingerprint density at radius 3 is 1.14 bits per heavy atom. The number of carboxylic acids is 2. The third kappa shape index (κ3) is 53.5. The Labute approximate surface area is 578 Å². The van der Waals surface area contributed by atoms with E-state index in [2.05, 4.69) is 52.7 Å². The number of carboxylic acid groups (broad SMARTS) is 2. The fraction of sp³-hybridized carbons (Fsp3) is 0.845. The van der Waals surface area contributed by atoms with Crippen molar-refractivity contribution in [2.75, 3.05) is 37.7 Å². The predicted octanol–water partition coefficient (Wildman–Crippen LogP) is 9.84. The molecule has 0 fully saturated rings. The molecule has 0 aliphatic rings. The molecule has 0 unspecified atom stereocenters. The molecule has 24 nitrogen and oxygen atoms in total. The van der Waals surface area contributed by atoms with Crippen LogP contribution in [-0.4, -0.2) is 166 Å². The number of hydrogen-bond acceptors (Lipinski definition) is 16. The average molecular weight is 1380 g/mol. The van der Waals surface area contributed by atoms with Gasteiger partial charge in [0.1, 0.15) is 30.8 Å². The molecular formula is C71H129N7O17S. The van der Waals surface area contributed by atoms with Gasteiger partial charge in [-0.3, -0.25) is 47.9 Å². The molecule has 0 bridgehead atoms. The van der Waals surface area contributed by atoms with Crippen molar-refractivity contribution < 1.29 is 82.6 Å². The normalized spacial score (nSPS) is 13.4. The van der Waals surface area contributed by atoms with Crippen LogP contribution in [0.5, 0.6) is 0 Å². The fourth-order valence-corrected chi connectivity index (χ4v) is 11.8. The Hall–Kier alpha value is -5.56. The van der Waals surface area contributed by atoms with E-state index in [0.29, 0.717) is 19.3 Å². The van der Waals surface area contributed by atoms with Gasteiger partial charge in [-0.1, -0.05) is 239 Å². The minimum Gasteiger partial charge on any atom is -0.481 e. The van der Waals surface area contributed by atoms with Gasteiger partial charge in [-0.05, 0) is 39.5 Å². The Kier molecular flexibility index (Phi) is 58.2. The van der Waals surface area contributed by atoms with Crippen molar-refractivity contribution in [3.8, 4) is 0 Å². The van der Waals surface area contributed by atoms with Crippen molar-refractivity contribution in [2.24, 2.45) is 0 Å². The van der Waals surface area contributed by atoms with Gasteiger partial charge in [-0.25, -0.2) is 4.79 Å². The van der Waals surface area contributed by atoms with Crippen molar-refractivity contribution in [1.82, 2.24) is 37.2 Å². The van der Waals surface area contributed by atoms with E-state index in [9.17, 15) is 73.2 Å². The molecule has 7 atom stereocenters. The highest BCUT2D eigenvalue weighted by atomic mass is 32.2. The first kappa shape index (κ1) is 90.4. The molecule has 0 spiro atoms. The van der Waals surface area contributed by atoms with Gasteiger partial charge in [0.15, 0.2) is 6.04 Å². The smallest absolute Gasteiger partial charge is 0.328 e. The number of unbranched alkanes of at least 4 members (excludes halogenated alkanes) is 34. The monoisotopic (exact) mass is 1380 g/mol. The van der Waals surface area contributed by atoms with Crippen LogP contribution < -0.4 is 37.2 Å². The summed E-state index contributed by atoms with van der Waals surface area (Å²) in [5.41, 5.74) is 0. The number of thioether (sulfide) groups is 1. The minimum absolute atomic E-state index is 0.00575. The zero-order valence-electron chi connectivity index (χ0n) is 59.5. The number of carbonyl (C=O) groups is 11. The summed E-state index contributed by atoms with van der Waals surface area (Å²) in [6, 6.07) is -6.41. The summed E-state index contributed by atoms with van der Waals surface area (Å²) in [5, 5.41) is 54.9. The number of aliphatic hydroxyl groups excluding tert-OH is 2. The Morgan fingerprint density at radius 2 is 0.729 bits per heavy atom. The van der Waals surface area contributed by atoms with Gasteiger partial charge in [0.2, 0.25) is 41.4 Å². The van der Waals surface area contributed by atoms with Crippen molar-refractivity contribution in [3.05, 3.63) is 0 Å². The summed E-state index contributed by atoms with van der Waals surface area (Å²) in [7, 11) is 0. The van der Waals surface area contributed by atoms with Gasteiger partial charge >= 0.3 is 23.9 Å². The van der Waals surface area contributed by atoms with Gasteiger partial charge in [0.05, 0.1) is 31.8 Å². The van der Waals surface area contributed by atoms with E-state index in [4.69, 9.17) is 9.47 Å². The molecule has 0 heterocycles. The van der Waals surface area contributed by atoms with Crippen LogP contribution in [0.15, 0.2) is 0 Å². The third-order valence-electron chi connectivity index (χ3n) is 16.7. The second kappa shape index (κ2) is 61.7. The molecule has 0 aliphatic carbocycles. The lowest BCUT2D eigenvalue weighted by Gasteiger charge is -2.26. The number of ether oxygens (including phenoxy) is 2. The lowest BCUT2D eigenvalue weighted by molar-refractivity contribution is -0.157. The highest BCUT2D eigenvalue weighted by molar-refractivity contribution is 7.99. The molecule has 0 aliphatic heterocycles. The zero-order chi connectivity index (χ0) is 71.4. The molecule has 0 aromatic carbocycles. The van der Waals surface area contributed by atoms with Crippen LogP contribution in [0.1, 0.15) is 304 Å².